The van der Waals surface area contributed by atoms with Gasteiger partial charge in [0.2, 0.25) is 5.91 Å². The van der Waals surface area contributed by atoms with Crippen molar-refractivity contribution in [2.75, 3.05) is 0 Å². The smallest absolute Gasteiger partial charge is 0.250 e. The van der Waals surface area contributed by atoms with Gasteiger partial charge in [0.15, 0.2) is 0 Å². The summed E-state index contributed by atoms with van der Waals surface area (Å²) in [5.41, 5.74) is 10.7. The Morgan fingerprint density at radius 3 is 2.67 bits per heavy atom. The summed E-state index contributed by atoms with van der Waals surface area (Å²) in [6.07, 6.45) is 4.70. The van der Waals surface area contributed by atoms with Gasteiger partial charge >= 0.3 is 0 Å². The lowest BCUT2D eigenvalue weighted by Crippen LogP contribution is -2.27. The van der Waals surface area contributed by atoms with Gasteiger partial charge in [-0.2, -0.15) is 0 Å². The number of nitrogens with two attached hydrogens (primary N) is 1. The van der Waals surface area contributed by atoms with Gasteiger partial charge in [0.25, 0.3) is 0 Å². The fourth-order valence-corrected chi connectivity index (χ4v) is 0.500. The molecule has 1 amide bonds. The molecule has 0 aromatic rings. The van der Waals surface area contributed by atoms with E-state index in [4.69, 9.17) is 5.73 Å². The molecule has 48 valence electrons. The summed E-state index contributed by atoms with van der Waals surface area (Å²) in [4.78, 5) is 10.4. The molecule has 0 aromatic heterocycles. The van der Waals surface area contributed by atoms with Crippen molar-refractivity contribution in [2.24, 2.45) is 5.73 Å². The zero-order valence-corrected chi connectivity index (χ0v) is 4.72. The SMILES string of the molecule is NC(=O)C1=CNNC=C1. The van der Waals surface area contributed by atoms with Crippen LogP contribution in [-0.2, 0) is 4.79 Å². The lowest BCUT2D eigenvalue weighted by molar-refractivity contribution is -0.114. The fourth-order valence-electron chi connectivity index (χ4n) is 0.500. The highest BCUT2D eigenvalue weighted by Crippen LogP contribution is 1.94. The normalized spacial score (nSPS) is 15.3. The van der Waals surface area contributed by atoms with Gasteiger partial charge < -0.3 is 16.6 Å². The quantitative estimate of drug-likeness (QED) is 0.420. The van der Waals surface area contributed by atoms with Gasteiger partial charge in [0, 0.05) is 12.4 Å². The van der Waals surface area contributed by atoms with Crippen molar-refractivity contribution in [3.63, 3.8) is 0 Å². The van der Waals surface area contributed by atoms with Gasteiger partial charge in [0.1, 0.15) is 0 Å². The van der Waals surface area contributed by atoms with Crippen molar-refractivity contribution in [2.45, 2.75) is 0 Å². The second-order valence-corrected chi connectivity index (χ2v) is 1.59. The van der Waals surface area contributed by atoms with E-state index in [2.05, 4.69) is 10.9 Å². The number of carbonyl (C=O) groups is 1. The van der Waals surface area contributed by atoms with Gasteiger partial charge in [-0.25, -0.2) is 0 Å². The van der Waals surface area contributed by atoms with Gasteiger partial charge in [-0.3, -0.25) is 4.79 Å². The molecule has 1 aliphatic heterocycles. The Morgan fingerprint density at radius 1 is 1.56 bits per heavy atom. The molecule has 1 rings (SSSR count). The van der Waals surface area contributed by atoms with E-state index in [1.807, 2.05) is 0 Å². The third-order valence-electron chi connectivity index (χ3n) is 0.942. The van der Waals surface area contributed by atoms with Crippen molar-refractivity contribution in [1.82, 2.24) is 10.9 Å². The molecule has 0 bridgehead atoms. The fraction of sp³-hybridized carbons (Fsp3) is 0. The summed E-state index contributed by atoms with van der Waals surface area (Å²) in [7, 11) is 0. The van der Waals surface area contributed by atoms with Gasteiger partial charge in [0.05, 0.1) is 5.57 Å². The molecule has 0 spiro atoms. The average Bonchev–Trinajstić information content (AvgIpc) is 1.90. The van der Waals surface area contributed by atoms with Gasteiger partial charge in [-0.1, -0.05) is 0 Å². The Bertz CT molecular complexity index is 183. The zero-order chi connectivity index (χ0) is 6.69. The van der Waals surface area contributed by atoms with E-state index in [0.29, 0.717) is 5.57 Å². The van der Waals surface area contributed by atoms with E-state index in [1.165, 1.54) is 6.20 Å². The molecule has 0 radical (unpaired) electrons. The maximum atomic E-state index is 10.4. The summed E-state index contributed by atoms with van der Waals surface area (Å²) in [6, 6.07) is 0. The third kappa shape index (κ3) is 1.22. The van der Waals surface area contributed by atoms with Crippen LogP contribution in [0, 0.1) is 0 Å². The van der Waals surface area contributed by atoms with Gasteiger partial charge in [-0.05, 0) is 6.08 Å². The number of primary amides is 1. The van der Waals surface area contributed by atoms with Crippen molar-refractivity contribution in [3.05, 3.63) is 24.0 Å². The molecule has 0 aromatic carbocycles. The maximum absolute atomic E-state index is 10.4. The van der Waals surface area contributed by atoms with Crippen LogP contribution in [0.15, 0.2) is 24.0 Å². The average molecular weight is 125 g/mol. The Balaban J connectivity index is 2.69. The second kappa shape index (κ2) is 2.21. The van der Waals surface area contributed by atoms with Crippen molar-refractivity contribution >= 4 is 5.91 Å². The summed E-state index contributed by atoms with van der Waals surface area (Å²) >= 11 is 0. The highest BCUT2D eigenvalue weighted by molar-refractivity contribution is 5.94. The van der Waals surface area contributed by atoms with Crippen molar-refractivity contribution < 1.29 is 4.79 Å². The molecule has 1 aliphatic rings. The summed E-state index contributed by atoms with van der Waals surface area (Å²) in [5, 5.41) is 0. The first-order valence-electron chi connectivity index (χ1n) is 2.48. The number of rotatable bonds is 1. The van der Waals surface area contributed by atoms with Crippen LogP contribution in [-0.4, -0.2) is 5.91 Å². The summed E-state index contributed by atoms with van der Waals surface area (Å²) in [5.74, 6) is -0.430. The van der Waals surface area contributed by atoms with Gasteiger partial charge in [-0.15, -0.1) is 0 Å². The number of nitrogens with one attached hydrogen (secondary N) is 2. The topological polar surface area (TPSA) is 67.2 Å². The van der Waals surface area contributed by atoms with Crippen LogP contribution in [0.4, 0.5) is 0 Å². The lowest BCUT2D eigenvalue weighted by atomic mass is 10.2. The van der Waals surface area contributed by atoms with Crippen LogP contribution in [0.3, 0.4) is 0 Å². The number of hydrogen-bond donors (Lipinski definition) is 3. The number of hydrogen-bond acceptors (Lipinski definition) is 3. The number of amides is 1. The largest absolute Gasteiger partial charge is 0.366 e. The molecular formula is C5H7N3O. The molecule has 4 heteroatoms. The molecule has 4 nitrogen and oxygen atoms in total. The summed E-state index contributed by atoms with van der Waals surface area (Å²) < 4.78 is 0. The van der Waals surface area contributed by atoms with E-state index in [0.717, 1.165) is 0 Å². The van der Waals surface area contributed by atoms with E-state index in [1.54, 1.807) is 12.3 Å². The number of carbonyl (C=O) groups excluding carboxylic acids is 1. The van der Waals surface area contributed by atoms with Crippen LogP contribution in [0.2, 0.25) is 0 Å². The first-order chi connectivity index (χ1) is 4.30. The van der Waals surface area contributed by atoms with Crippen LogP contribution >= 0.6 is 0 Å². The molecule has 0 saturated heterocycles. The first kappa shape index (κ1) is 5.68. The molecule has 1 heterocycles. The van der Waals surface area contributed by atoms with Crippen molar-refractivity contribution in [1.29, 1.82) is 0 Å². The summed E-state index contributed by atoms with van der Waals surface area (Å²) in [6.45, 7) is 0. The van der Waals surface area contributed by atoms with E-state index in [9.17, 15) is 4.79 Å². The Hall–Kier alpha value is -1.45. The zero-order valence-electron chi connectivity index (χ0n) is 4.72. The van der Waals surface area contributed by atoms with Crippen LogP contribution in [0.1, 0.15) is 0 Å². The monoisotopic (exact) mass is 125 g/mol. The predicted molar refractivity (Wildman–Crippen MR) is 32.7 cm³/mol. The Kier molecular flexibility index (Phi) is 1.40. The molecule has 0 atom stereocenters. The van der Waals surface area contributed by atoms with Crippen LogP contribution in [0.5, 0.6) is 0 Å². The predicted octanol–water partition coefficient (Wildman–Crippen LogP) is -1.02. The minimum absolute atomic E-state index is 0.430. The third-order valence-corrected chi connectivity index (χ3v) is 0.942. The van der Waals surface area contributed by atoms with Crippen LogP contribution < -0.4 is 16.6 Å². The first-order valence-corrected chi connectivity index (χ1v) is 2.48. The molecule has 0 saturated carbocycles. The maximum Gasteiger partial charge on any atom is 0.250 e. The molecular weight excluding hydrogens is 118 g/mol. The van der Waals surface area contributed by atoms with E-state index >= 15 is 0 Å². The molecule has 0 aliphatic carbocycles. The minimum atomic E-state index is -0.430. The molecule has 0 fully saturated rings. The minimum Gasteiger partial charge on any atom is -0.366 e. The van der Waals surface area contributed by atoms with Crippen molar-refractivity contribution in [3.8, 4) is 0 Å². The standard InChI is InChI=1S/C5H7N3O/c6-5(9)4-1-2-7-8-3-4/h1-3,7-8H,(H2,6,9). The highest BCUT2D eigenvalue weighted by atomic mass is 16.1. The highest BCUT2D eigenvalue weighted by Gasteiger charge is 2.00. The molecule has 9 heavy (non-hydrogen) atoms. The molecule has 4 N–H and O–H groups in total. The Morgan fingerprint density at radius 2 is 2.33 bits per heavy atom. The lowest BCUT2D eigenvalue weighted by Gasteiger charge is -2.05. The second-order valence-electron chi connectivity index (χ2n) is 1.59. The Labute approximate surface area is 52.4 Å². The number of hydrazine groups is 1. The van der Waals surface area contributed by atoms with E-state index < -0.39 is 5.91 Å². The van der Waals surface area contributed by atoms with E-state index in [-0.39, 0.29) is 0 Å². The molecule has 0 unspecified atom stereocenters. The van der Waals surface area contributed by atoms with Crippen LogP contribution in [0.25, 0.3) is 0 Å².